The lowest BCUT2D eigenvalue weighted by Crippen LogP contribution is -2.49. The maximum atomic E-state index is 12.5. The van der Waals surface area contributed by atoms with Crippen molar-refractivity contribution in [1.29, 1.82) is 0 Å². The molecular weight excluding hydrogens is 352 g/mol. The molecule has 0 saturated carbocycles. The van der Waals surface area contributed by atoms with Crippen LogP contribution >= 0.6 is 0 Å². The van der Waals surface area contributed by atoms with Crippen LogP contribution in [0.5, 0.6) is 0 Å². The Balaban J connectivity index is 1.82. The summed E-state index contributed by atoms with van der Waals surface area (Å²) in [4.78, 5) is 20.8. The molecule has 1 aromatic rings. The molecule has 1 aliphatic rings. The van der Waals surface area contributed by atoms with E-state index in [1.165, 1.54) is 10.6 Å². The van der Waals surface area contributed by atoms with Crippen molar-refractivity contribution in [1.82, 2.24) is 14.2 Å². The van der Waals surface area contributed by atoms with E-state index in [9.17, 15) is 13.2 Å². The van der Waals surface area contributed by atoms with Crippen LogP contribution < -0.4 is 4.90 Å². The van der Waals surface area contributed by atoms with Gasteiger partial charge in [0.15, 0.2) is 0 Å². The van der Waals surface area contributed by atoms with Crippen LogP contribution in [0.15, 0.2) is 24.4 Å². The number of carbonyl (C=O) groups excluding carboxylic acids is 1. The summed E-state index contributed by atoms with van der Waals surface area (Å²) in [6, 6.07) is 5.81. The molecule has 0 atom stereocenters. The van der Waals surface area contributed by atoms with E-state index in [2.05, 4.69) is 23.7 Å². The lowest BCUT2D eigenvalue weighted by Gasteiger charge is -2.35. The van der Waals surface area contributed by atoms with Gasteiger partial charge in [0.1, 0.15) is 5.82 Å². The van der Waals surface area contributed by atoms with Crippen LogP contribution in [-0.2, 0) is 14.8 Å². The highest BCUT2D eigenvalue weighted by Gasteiger charge is 2.24. The largest absolute Gasteiger partial charge is 0.353 e. The third-order valence-corrected chi connectivity index (χ3v) is 5.91. The van der Waals surface area contributed by atoms with Gasteiger partial charge in [-0.2, -0.15) is 0 Å². The number of amides is 1. The summed E-state index contributed by atoms with van der Waals surface area (Å²) in [5.74, 6) is 1.37. The van der Waals surface area contributed by atoms with Crippen LogP contribution in [0.1, 0.15) is 26.7 Å². The summed E-state index contributed by atoms with van der Waals surface area (Å²) in [5.41, 5.74) is 0. The molecule has 1 amide bonds. The zero-order valence-electron chi connectivity index (χ0n) is 16.0. The Hall–Kier alpha value is -1.67. The Kier molecular flexibility index (Phi) is 7.40. The van der Waals surface area contributed by atoms with Gasteiger partial charge in [0.05, 0.1) is 6.26 Å². The first kappa shape index (κ1) is 20.6. The molecule has 0 N–H and O–H groups in total. The molecule has 2 heterocycles. The van der Waals surface area contributed by atoms with Gasteiger partial charge >= 0.3 is 0 Å². The highest BCUT2D eigenvalue weighted by Crippen LogP contribution is 2.14. The topological polar surface area (TPSA) is 73.8 Å². The van der Waals surface area contributed by atoms with Crippen molar-refractivity contribution in [2.24, 2.45) is 5.92 Å². The molecule has 26 heavy (non-hydrogen) atoms. The average molecular weight is 383 g/mol. The zero-order chi connectivity index (χ0) is 19.2. The summed E-state index contributed by atoms with van der Waals surface area (Å²) in [6.45, 7) is 7.61. The SMILES string of the molecule is CC(C)CCN(CCC(=O)N1CCN(c2ccccn2)CC1)S(C)(=O)=O. The number of aromatic nitrogens is 1. The van der Waals surface area contributed by atoms with Gasteiger partial charge in [0.2, 0.25) is 15.9 Å². The molecule has 146 valence electrons. The van der Waals surface area contributed by atoms with Crippen LogP contribution in [0, 0.1) is 5.92 Å². The summed E-state index contributed by atoms with van der Waals surface area (Å²) in [7, 11) is -3.29. The lowest BCUT2D eigenvalue weighted by atomic mass is 10.1. The highest BCUT2D eigenvalue weighted by molar-refractivity contribution is 7.88. The monoisotopic (exact) mass is 382 g/mol. The first-order valence-electron chi connectivity index (χ1n) is 9.16. The van der Waals surface area contributed by atoms with Crippen LogP contribution in [0.2, 0.25) is 0 Å². The van der Waals surface area contributed by atoms with E-state index < -0.39 is 10.0 Å². The van der Waals surface area contributed by atoms with Crippen molar-refractivity contribution in [2.45, 2.75) is 26.7 Å². The number of piperazine rings is 1. The van der Waals surface area contributed by atoms with Crippen molar-refractivity contribution in [2.75, 3.05) is 50.4 Å². The molecule has 1 aliphatic heterocycles. The molecule has 0 aliphatic carbocycles. The van der Waals surface area contributed by atoms with E-state index >= 15 is 0 Å². The van der Waals surface area contributed by atoms with Gasteiger partial charge in [-0.05, 0) is 24.5 Å². The van der Waals surface area contributed by atoms with Gasteiger partial charge in [-0.3, -0.25) is 4.79 Å². The molecule has 1 aromatic heterocycles. The highest BCUT2D eigenvalue weighted by atomic mass is 32.2. The van der Waals surface area contributed by atoms with Gasteiger partial charge in [-0.25, -0.2) is 17.7 Å². The lowest BCUT2D eigenvalue weighted by molar-refractivity contribution is -0.131. The van der Waals surface area contributed by atoms with Gasteiger partial charge in [-0.1, -0.05) is 19.9 Å². The van der Waals surface area contributed by atoms with Crippen molar-refractivity contribution in [3.8, 4) is 0 Å². The maximum Gasteiger partial charge on any atom is 0.224 e. The second-order valence-corrected chi connectivity index (χ2v) is 9.13. The summed E-state index contributed by atoms with van der Waals surface area (Å²) < 4.78 is 25.3. The van der Waals surface area contributed by atoms with E-state index in [0.717, 1.165) is 25.3 Å². The van der Waals surface area contributed by atoms with Gasteiger partial charge in [-0.15, -0.1) is 0 Å². The minimum Gasteiger partial charge on any atom is -0.353 e. The van der Waals surface area contributed by atoms with Crippen LogP contribution in [0.25, 0.3) is 0 Å². The van der Waals surface area contributed by atoms with Gasteiger partial charge < -0.3 is 9.80 Å². The molecule has 0 bridgehead atoms. The van der Waals surface area contributed by atoms with Gasteiger partial charge in [0.25, 0.3) is 0 Å². The number of pyridine rings is 1. The Morgan fingerprint density at radius 2 is 1.88 bits per heavy atom. The molecular formula is C18H30N4O3S. The Morgan fingerprint density at radius 1 is 1.19 bits per heavy atom. The van der Waals surface area contributed by atoms with E-state index in [1.54, 1.807) is 6.20 Å². The van der Waals surface area contributed by atoms with Crippen molar-refractivity contribution in [3.05, 3.63) is 24.4 Å². The Morgan fingerprint density at radius 3 is 2.42 bits per heavy atom. The molecule has 0 spiro atoms. The van der Waals surface area contributed by atoms with E-state index in [0.29, 0.717) is 25.6 Å². The van der Waals surface area contributed by atoms with Crippen LogP contribution in [0.4, 0.5) is 5.82 Å². The number of anilines is 1. The fourth-order valence-corrected chi connectivity index (χ4v) is 3.81. The van der Waals surface area contributed by atoms with E-state index in [1.807, 2.05) is 23.1 Å². The smallest absolute Gasteiger partial charge is 0.224 e. The fourth-order valence-electron chi connectivity index (χ4n) is 2.95. The molecule has 1 saturated heterocycles. The first-order valence-corrected chi connectivity index (χ1v) is 11.0. The molecule has 0 unspecified atom stereocenters. The molecule has 0 aromatic carbocycles. The average Bonchev–Trinajstić information content (AvgIpc) is 2.61. The quantitative estimate of drug-likeness (QED) is 0.680. The fraction of sp³-hybridized carbons (Fsp3) is 0.667. The van der Waals surface area contributed by atoms with Gasteiger partial charge in [0, 0.05) is 51.9 Å². The number of carbonyl (C=O) groups is 1. The minimum atomic E-state index is -3.29. The van der Waals surface area contributed by atoms with E-state index in [4.69, 9.17) is 0 Å². The maximum absolute atomic E-state index is 12.5. The van der Waals surface area contributed by atoms with Crippen molar-refractivity contribution >= 4 is 21.7 Å². The summed E-state index contributed by atoms with van der Waals surface area (Å²) in [5, 5.41) is 0. The third-order valence-electron chi connectivity index (χ3n) is 4.61. The first-order chi connectivity index (χ1) is 12.3. The number of hydrogen-bond donors (Lipinski definition) is 0. The van der Waals surface area contributed by atoms with Crippen LogP contribution in [0.3, 0.4) is 0 Å². The molecule has 1 fully saturated rings. The second-order valence-electron chi connectivity index (χ2n) is 7.15. The Bertz CT molecular complexity index is 671. The Labute approximate surface area is 157 Å². The number of hydrogen-bond acceptors (Lipinski definition) is 5. The standard InChI is InChI=1S/C18H30N4O3S/c1-16(2)7-10-22(26(3,24)25)11-8-18(23)21-14-12-20(13-15-21)17-6-4-5-9-19-17/h4-6,9,16H,7-8,10-15H2,1-3H3. The predicted molar refractivity (Wildman–Crippen MR) is 104 cm³/mol. The normalized spacial score (nSPS) is 15.7. The third kappa shape index (κ3) is 6.25. The number of rotatable bonds is 8. The van der Waals surface area contributed by atoms with Crippen molar-refractivity contribution < 1.29 is 13.2 Å². The molecule has 7 nitrogen and oxygen atoms in total. The summed E-state index contributed by atoms with van der Waals surface area (Å²) >= 11 is 0. The predicted octanol–water partition coefficient (Wildman–Crippen LogP) is 1.43. The van der Waals surface area contributed by atoms with E-state index in [-0.39, 0.29) is 18.9 Å². The van der Waals surface area contributed by atoms with Crippen molar-refractivity contribution in [3.63, 3.8) is 0 Å². The zero-order valence-corrected chi connectivity index (χ0v) is 16.8. The summed E-state index contributed by atoms with van der Waals surface area (Å²) in [6.07, 6.45) is 4.01. The number of sulfonamides is 1. The van der Waals surface area contributed by atoms with Crippen LogP contribution in [-0.4, -0.2) is 74.0 Å². The molecule has 0 radical (unpaired) electrons. The molecule has 2 rings (SSSR count). The number of nitrogens with zero attached hydrogens (tertiary/aromatic N) is 4. The minimum absolute atomic E-state index is 0.0175. The molecule has 8 heteroatoms. The second kappa shape index (κ2) is 9.32.